The van der Waals surface area contributed by atoms with Crippen molar-refractivity contribution in [3.05, 3.63) is 40.2 Å². The van der Waals surface area contributed by atoms with Crippen LogP contribution in [0, 0.1) is 13.8 Å². The lowest BCUT2D eigenvalue weighted by Gasteiger charge is -2.20. The van der Waals surface area contributed by atoms with Gasteiger partial charge in [-0.1, -0.05) is 6.07 Å². The second-order valence-electron chi connectivity index (χ2n) is 6.00. The van der Waals surface area contributed by atoms with Crippen LogP contribution in [0.25, 0.3) is 10.2 Å². The zero-order valence-corrected chi connectivity index (χ0v) is 16.1. The molecule has 0 aliphatic heterocycles. The number of hydrogen-bond acceptors (Lipinski definition) is 8. The number of nitrogens with two attached hydrogens (primary N) is 1. The van der Waals surface area contributed by atoms with Gasteiger partial charge in [-0.05, 0) is 38.0 Å². The molecule has 0 aliphatic carbocycles. The third kappa shape index (κ3) is 3.45. The lowest BCUT2D eigenvalue weighted by Crippen LogP contribution is -2.19. The zero-order chi connectivity index (χ0) is 18.8. The molecule has 0 fully saturated rings. The van der Waals surface area contributed by atoms with E-state index in [1.165, 1.54) is 11.3 Å². The molecule has 0 aromatic carbocycles. The van der Waals surface area contributed by atoms with Gasteiger partial charge in [-0.3, -0.25) is 0 Å². The quantitative estimate of drug-likeness (QED) is 0.689. The van der Waals surface area contributed by atoms with Crippen LogP contribution in [0.5, 0.6) is 0 Å². The summed E-state index contributed by atoms with van der Waals surface area (Å²) in [7, 11) is 1.96. The molecule has 0 spiro atoms. The van der Waals surface area contributed by atoms with Crippen LogP contribution in [0.2, 0.25) is 0 Å². The maximum atomic E-state index is 12.2. The van der Waals surface area contributed by atoms with Gasteiger partial charge in [0.1, 0.15) is 27.2 Å². The highest BCUT2D eigenvalue weighted by molar-refractivity contribution is 7.20. The Labute approximate surface area is 155 Å². The van der Waals surface area contributed by atoms with Crippen molar-refractivity contribution in [1.29, 1.82) is 0 Å². The molecular weight excluding hydrogens is 350 g/mol. The number of nitrogen functional groups attached to an aromatic ring is 1. The lowest BCUT2D eigenvalue weighted by atomic mass is 10.2. The van der Waals surface area contributed by atoms with E-state index in [9.17, 15) is 4.79 Å². The fraction of sp³-hybridized carbons (Fsp3) is 0.333. The first-order valence-electron chi connectivity index (χ1n) is 8.27. The Morgan fingerprint density at radius 3 is 2.73 bits per heavy atom. The van der Waals surface area contributed by atoms with E-state index in [1.807, 2.05) is 31.9 Å². The Balaban J connectivity index is 2.04. The maximum absolute atomic E-state index is 12.2. The number of aryl methyl sites for hydroxylation is 2. The van der Waals surface area contributed by atoms with Gasteiger partial charge < -0.3 is 15.4 Å². The normalized spacial score (nSPS) is 10.9. The first-order valence-corrected chi connectivity index (χ1v) is 9.08. The number of nitrogens with zero attached hydrogens (tertiary/aromatic N) is 4. The summed E-state index contributed by atoms with van der Waals surface area (Å²) < 4.78 is 5.17. The molecule has 3 rings (SSSR count). The summed E-state index contributed by atoms with van der Waals surface area (Å²) in [6.45, 7) is 6.51. The number of pyridine rings is 1. The smallest absolute Gasteiger partial charge is 0.348 e. The van der Waals surface area contributed by atoms with Crippen molar-refractivity contribution in [2.75, 3.05) is 24.3 Å². The molecule has 8 heteroatoms. The van der Waals surface area contributed by atoms with E-state index >= 15 is 0 Å². The Morgan fingerprint density at radius 2 is 2.08 bits per heavy atom. The van der Waals surface area contributed by atoms with Crippen molar-refractivity contribution in [2.24, 2.45) is 0 Å². The number of aromatic nitrogens is 3. The number of esters is 1. The predicted octanol–water partition coefficient (Wildman–Crippen LogP) is 3.10. The molecule has 3 heterocycles. The van der Waals surface area contributed by atoms with Crippen LogP contribution in [0.1, 0.15) is 33.5 Å². The number of hydrogen-bond donors (Lipinski definition) is 1. The summed E-state index contributed by atoms with van der Waals surface area (Å²) in [6, 6.07) is 3.72. The molecule has 2 N–H and O–H groups in total. The summed E-state index contributed by atoms with van der Waals surface area (Å²) >= 11 is 1.34. The fourth-order valence-corrected chi connectivity index (χ4v) is 3.88. The average Bonchev–Trinajstić information content (AvgIpc) is 2.93. The number of carbonyl (C=O) groups excluding carboxylic acids is 1. The summed E-state index contributed by atoms with van der Waals surface area (Å²) in [5.74, 6) is 1.62. The van der Waals surface area contributed by atoms with Crippen molar-refractivity contribution in [1.82, 2.24) is 15.0 Å². The van der Waals surface area contributed by atoms with Gasteiger partial charge in [-0.25, -0.2) is 19.7 Å². The van der Waals surface area contributed by atoms with E-state index in [0.29, 0.717) is 29.7 Å². The van der Waals surface area contributed by atoms with Gasteiger partial charge in [-0.15, -0.1) is 11.3 Å². The zero-order valence-electron chi connectivity index (χ0n) is 15.2. The Bertz CT molecular complexity index is 952. The number of carbonyl (C=O) groups is 1. The highest BCUT2D eigenvalue weighted by Crippen LogP contribution is 2.35. The first kappa shape index (κ1) is 18.1. The number of ether oxygens (including phenoxy) is 1. The van der Waals surface area contributed by atoms with Gasteiger partial charge in [0.05, 0.1) is 12.0 Å². The van der Waals surface area contributed by atoms with Gasteiger partial charge in [0.2, 0.25) is 0 Å². The van der Waals surface area contributed by atoms with Crippen LogP contribution < -0.4 is 10.6 Å². The van der Waals surface area contributed by atoms with E-state index in [-0.39, 0.29) is 5.97 Å². The molecule has 7 nitrogen and oxygen atoms in total. The Kier molecular flexibility index (Phi) is 5.03. The van der Waals surface area contributed by atoms with E-state index in [0.717, 1.165) is 27.2 Å². The minimum absolute atomic E-state index is 0.318. The van der Waals surface area contributed by atoms with Crippen LogP contribution in [-0.2, 0) is 11.3 Å². The SMILES string of the molecule is CCOC(=O)c1sc2nc(C)nc(N(C)Cc3ccc(N)nc3)c2c1C. The molecule has 3 aromatic rings. The number of fused-ring (bicyclic) bond motifs is 1. The molecule has 0 amide bonds. The molecule has 3 aromatic heterocycles. The standard InChI is InChI=1S/C18H21N5O2S/c1-5-25-18(24)15-10(2)14-16(21-11(3)22-17(14)26-15)23(4)9-12-6-7-13(19)20-8-12/h6-8H,5,9H2,1-4H3,(H2,19,20). The van der Waals surface area contributed by atoms with Gasteiger partial charge in [0.25, 0.3) is 0 Å². The second-order valence-corrected chi connectivity index (χ2v) is 7.00. The molecule has 0 bridgehead atoms. The average molecular weight is 371 g/mol. The highest BCUT2D eigenvalue weighted by Gasteiger charge is 2.22. The van der Waals surface area contributed by atoms with Crippen molar-refractivity contribution in [2.45, 2.75) is 27.3 Å². The minimum atomic E-state index is -0.318. The molecule has 0 radical (unpaired) electrons. The number of thiophene rings is 1. The van der Waals surface area contributed by atoms with Crippen molar-refractivity contribution < 1.29 is 9.53 Å². The monoisotopic (exact) mass is 371 g/mol. The lowest BCUT2D eigenvalue weighted by molar-refractivity contribution is 0.0531. The molecule has 0 unspecified atom stereocenters. The van der Waals surface area contributed by atoms with Gasteiger partial charge in [0.15, 0.2) is 0 Å². The van der Waals surface area contributed by atoms with Crippen molar-refractivity contribution >= 4 is 39.2 Å². The fourth-order valence-electron chi connectivity index (χ4n) is 2.77. The molecule has 26 heavy (non-hydrogen) atoms. The molecule has 0 aliphatic rings. The van der Waals surface area contributed by atoms with E-state index < -0.39 is 0 Å². The van der Waals surface area contributed by atoms with Gasteiger partial charge in [-0.2, -0.15) is 0 Å². The predicted molar refractivity (Wildman–Crippen MR) is 104 cm³/mol. The number of rotatable bonds is 5. The third-order valence-electron chi connectivity index (χ3n) is 3.97. The van der Waals surface area contributed by atoms with E-state index in [4.69, 9.17) is 10.5 Å². The van der Waals surface area contributed by atoms with Crippen LogP contribution >= 0.6 is 11.3 Å². The molecule has 0 atom stereocenters. The van der Waals surface area contributed by atoms with Gasteiger partial charge in [0, 0.05) is 19.8 Å². The van der Waals surface area contributed by atoms with Crippen molar-refractivity contribution in [3.8, 4) is 0 Å². The summed E-state index contributed by atoms with van der Waals surface area (Å²) in [6.07, 6.45) is 1.75. The molecule has 0 saturated heterocycles. The van der Waals surface area contributed by atoms with Crippen LogP contribution in [-0.4, -0.2) is 34.6 Å². The van der Waals surface area contributed by atoms with Gasteiger partial charge >= 0.3 is 5.97 Å². The summed E-state index contributed by atoms with van der Waals surface area (Å²) in [5.41, 5.74) is 7.52. The second kappa shape index (κ2) is 7.25. The highest BCUT2D eigenvalue weighted by atomic mass is 32.1. The maximum Gasteiger partial charge on any atom is 0.348 e. The van der Waals surface area contributed by atoms with Crippen LogP contribution in [0.15, 0.2) is 18.3 Å². The minimum Gasteiger partial charge on any atom is -0.462 e. The summed E-state index contributed by atoms with van der Waals surface area (Å²) in [5, 5.41) is 0.884. The van der Waals surface area contributed by atoms with E-state index in [1.54, 1.807) is 19.2 Å². The number of anilines is 2. The topological polar surface area (TPSA) is 94.2 Å². The Morgan fingerprint density at radius 1 is 1.31 bits per heavy atom. The van der Waals surface area contributed by atoms with Crippen LogP contribution in [0.4, 0.5) is 11.6 Å². The Hall–Kier alpha value is -2.74. The molecule has 136 valence electrons. The largest absolute Gasteiger partial charge is 0.462 e. The molecular formula is C18H21N5O2S. The first-order chi connectivity index (χ1) is 12.4. The molecule has 0 saturated carbocycles. The van der Waals surface area contributed by atoms with Crippen LogP contribution in [0.3, 0.4) is 0 Å². The third-order valence-corrected chi connectivity index (χ3v) is 5.14. The summed E-state index contributed by atoms with van der Waals surface area (Å²) in [4.78, 5) is 28.9. The van der Waals surface area contributed by atoms with Crippen molar-refractivity contribution in [3.63, 3.8) is 0 Å². The van der Waals surface area contributed by atoms with E-state index in [2.05, 4.69) is 15.0 Å².